The third kappa shape index (κ3) is 24.8. The van der Waals surface area contributed by atoms with Gasteiger partial charge in [-0.25, -0.2) is 0 Å². The fraction of sp³-hybridized carbons (Fsp3) is 0.875. The molecule has 1 rings (SSSR count). The van der Waals surface area contributed by atoms with Crippen molar-refractivity contribution in [2.24, 2.45) is 17.8 Å². The minimum atomic E-state index is 0. The maximum atomic E-state index is 2.51. The fourth-order valence-corrected chi connectivity index (χ4v) is 8.87. The number of para-hydroxylation sites is 1. The molecule has 1 aromatic rings. The molecule has 0 spiro atoms. The highest BCUT2D eigenvalue weighted by Gasteiger charge is 2.30. The first-order chi connectivity index (χ1) is 24.1. The Morgan fingerprint density at radius 2 is 0.620 bits per heavy atom. The average molecular weight is 763 g/mol. The summed E-state index contributed by atoms with van der Waals surface area (Å²) in [5.74, 6) is 2.83. The molecule has 296 valence electrons. The average Bonchev–Trinajstić information content (AvgIpc) is 3.13. The van der Waals surface area contributed by atoms with Crippen LogP contribution in [0.5, 0.6) is 0 Å². The van der Waals surface area contributed by atoms with Crippen molar-refractivity contribution in [1.82, 2.24) is 4.48 Å². The molecule has 3 unspecified atom stereocenters. The van der Waals surface area contributed by atoms with Crippen molar-refractivity contribution in [3.8, 4) is 0 Å². The number of unbranched alkanes of at least 4 members (excludes halogenated alkanes) is 12. The lowest BCUT2D eigenvalue weighted by Crippen LogP contribution is -3.00. The Morgan fingerprint density at radius 3 is 0.920 bits per heavy atom. The second-order valence-corrected chi connectivity index (χ2v) is 16.7. The van der Waals surface area contributed by atoms with Gasteiger partial charge in [0.1, 0.15) is 5.69 Å². The van der Waals surface area contributed by atoms with Crippen LogP contribution >= 0.6 is 0 Å². The van der Waals surface area contributed by atoms with E-state index >= 15 is 0 Å². The molecule has 0 heterocycles. The number of nitrogens with zero attached hydrogens (tertiary/aromatic N) is 1. The summed E-state index contributed by atoms with van der Waals surface area (Å²) in [7, 11) is 0. The molecule has 0 aromatic heterocycles. The van der Waals surface area contributed by atoms with E-state index in [0.717, 1.165) is 17.8 Å². The van der Waals surface area contributed by atoms with Gasteiger partial charge >= 0.3 is 0 Å². The van der Waals surface area contributed by atoms with E-state index in [0.29, 0.717) is 0 Å². The fourth-order valence-electron chi connectivity index (χ4n) is 8.87. The van der Waals surface area contributed by atoms with Crippen molar-refractivity contribution in [2.45, 2.75) is 234 Å². The van der Waals surface area contributed by atoms with Crippen LogP contribution < -0.4 is 21.5 Å². The summed E-state index contributed by atoms with van der Waals surface area (Å²) in [6.45, 7) is 18.3. The van der Waals surface area contributed by atoms with Crippen LogP contribution in [-0.2, 0) is 0 Å². The Kier molecular flexibility index (Phi) is 35.4. The number of halogens is 1. The highest BCUT2D eigenvalue weighted by Crippen LogP contribution is 2.32. The van der Waals surface area contributed by atoms with Crippen molar-refractivity contribution in [2.75, 3.05) is 19.6 Å². The van der Waals surface area contributed by atoms with Gasteiger partial charge in [-0.1, -0.05) is 214 Å². The second-order valence-electron chi connectivity index (χ2n) is 16.7. The van der Waals surface area contributed by atoms with Gasteiger partial charge in [0, 0.05) is 0 Å². The molecule has 0 amide bonds. The lowest BCUT2D eigenvalue weighted by molar-refractivity contribution is -0.0000110. The number of benzene rings is 1. The second kappa shape index (κ2) is 35.7. The van der Waals surface area contributed by atoms with Crippen LogP contribution in [0.15, 0.2) is 30.3 Å². The van der Waals surface area contributed by atoms with Gasteiger partial charge in [-0.2, -0.15) is 0 Å². The summed E-state index contributed by atoms with van der Waals surface area (Å²) in [6, 6.07) is 12.0. The van der Waals surface area contributed by atoms with Gasteiger partial charge in [-0.05, 0) is 68.4 Å². The van der Waals surface area contributed by atoms with E-state index in [1.807, 2.05) is 0 Å². The Balaban J connectivity index is 0.0000240. The molecule has 50 heavy (non-hydrogen) atoms. The van der Waals surface area contributed by atoms with Crippen LogP contribution in [0.1, 0.15) is 234 Å². The Bertz CT molecular complexity index is 719. The topological polar surface area (TPSA) is 0 Å². The van der Waals surface area contributed by atoms with Crippen LogP contribution in [0.2, 0.25) is 0 Å². The number of hydrogen-bond donors (Lipinski definition) is 0. The number of rotatable bonds is 37. The predicted octanol–water partition coefficient (Wildman–Crippen LogP) is 13.7. The van der Waals surface area contributed by atoms with Crippen molar-refractivity contribution in [1.29, 1.82) is 0 Å². The summed E-state index contributed by atoms with van der Waals surface area (Å²) in [5, 5.41) is 0. The van der Waals surface area contributed by atoms with Crippen LogP contribution in [0, 0.1) is 17.8 Å². The summed E-state index contributed by atoms with van der Waals surface area (Å²) >= 11 is 0. The molecule has 0 aliphatic rings. The van der Waals surface area contributed by atoms with Crippen molar-refractivity contribution in [3.63, 3.8) is 0 Å². The third-order valence-electron chi connectivity index (χ3n) is 12.2. The van der Waals surface area contributed by atoms with Crippen LogP contribution in [0.3, 0.4) is 0 Å². The zero-order chi connectivity index (χ0) is 35.7. The maximum Gasteiger partial charge on any atom is 0.132 e. The van der Waals surface area contributed by atoms with Gasteiger partial charge in [0.2, 0.25) is 0 Å². The monoisotopic (exact) mass is 762 g/mol. The van der Waals surface area contributed by atoms with E-state index in [2.05, 4.69) is 71.9 Å². The SMILES string of the molecule is CCCCCCC(CCCC)CCC[N+](CCCC(CCCC)CCCCCC)(CCCC(CCCC)CCCCCC)c1ccccc1.[Br-]. The smallest absolute Gasteiger partial charge is 0.132 e. The molecule has 2 heteroatoms. The highest BCUT2D eigenvalue weighted by molar-refractivity contribution is 5.42. The van der Waals surface area contributed by atoms with E-state index in [1.165, 1.54) is 217 Å². The van der Waals surface area contributed by atoms with Crippen LogP contribution in [0.25, 0.3) is 0 Å². The minimum absolute atomic E-state index is 0. The van der Waals surface area contributed by atoms with Crippen molar-refractivity contribution in [3.05, 3.63) is 30.3 Å². The van der Waals surface area contributed by atoms with E-state index < -0.39 is 0 Å². The molecule has 0 aliphatic carbocycles. The Labute approximate surface area is 327 Å². The molecule has 0 radical (unpaired) electrons. The minimum Gasteiger partial charge on any atom is -1.00 e. The molecule has 1 nitrogen and oxygen atoms in total. The van der Waals surface area contributed by atoms with Crippen molar-refractivity contribution >= 4 is 5.69 Å². The molecule has 1 aromatic carbocycles. The quantitative estimate of drug-likeness (QED) is 0.0468. The zero-order valence-electron chi connectivity index (χ0n) is 35.3. The maximum absolute atomic E-state index is 2.51. The van der Waals surface area contributed by atoms with Gasteiger partial charge in [-0.3, -0.25) is 4.48 Å². The predicted molar refractivity (Wildman–Crippen MR) is 226 cm³/mol. The van der Waals surface area contributed by atoms with Gasteiger partial charge in [0.25, 0.3) is 0 Å². The third-order valence-corrected chi connectivity index (χ3v) is 12.2. The summed E-state index contributed by atoms with van der Waals surface area (Å²) in [5.41, 5.74) is 1.62. The number of quaternary nitrogens is 1. The zero-order valence-corrected chi connectivity index (χ0v) is 36.9. The van der Waals surface area contributed by atoms with E-state index in [9.17, 15) is 0 Å². The van der Waals surface area contributed by atoms with E-state index in [4.69, 9.17) is 0 Å². The number of hydrogen-bond acceptors (Lipinski definition) is 0. The molecule has 0 bridgehead atoms. The standard InChI is InChI=1S/C48H92N.BrH/c1-7-13-19-23-34-45(31-16-10-4)37-28-42-49(48-40-26-22-27-41-48,43-29-38-46(32-17-11-5)35-24-20-14-8-2)44-30-39-47(33-18-12-6)36-25-21-15-9-3;/h22,26-27,40-41,45-47H,7-21,23-25,28-39,42-44H2,1-6H3;1H/q+1;/p-1. The Morgan fingerprint density at radius 1 is 0.340 bits per heavy atom. The first-order valence-electron chi connectivity index (χ1n) is 23.0. The normalized spacial score (nSPS) is 14.6. The Hall–Kier alpha value is -0.340. The molecule has 0 N–H and O–H groups in total. The summed E-state index contributed by atoms with van der Waals surface area (Å²) < 4.78 is 1.25. The van der Waals surface area contributed by atoms with Crippen molar-refractivity contribution < 1.29 is 17.0 Å². The molecular weight excluding hydrogens is 670 g/mol. The molecule has 0 fully saturated rings. The van der Waals surface area contributed by atoms with Gasteiger partial charge in [-0.15, -0.1) is 0 Å². The van der Waals surface area contributed by atoms with Crippen LogP contribution in [0.4, 0.5) is 5.69 Å². The first kappa shape index (κ1) is 49.7. The van der Waals surface area contributed by atoms with E-state index in [-0.39, 0.29) is 17.0 Å². The summed E-state index contributed by atoms with van der Waals surface area (Å²) in [6.07, 6.45) is 42.7. The highest BCUT2D eigenvalue weighted by atomic mass is 79.9. The molecule has 0 saturated heterocycles. The van der Waals surface area contributed by atoms with Crippen LogP contribution in [-0.4, -0.2) is 19.6 Å². The molecule has 0 aliphatic heterocycles. The van der Waals surface area contributed by atoms with E-state index in [1.54, 1.807) is 5.69 Å². The lowest BCUT2D eigenvalue weighted by Gasteiger charge is -2.40. The van der Waals surface area contributed by atoms with Gasteiger partial charge in [0.15, 0.2) is 0 Å². The molecule has 3 atom stereocenters. The largest absolute Gasteiger partial charge is 1.00 e. The summed E-state index contributed by atoms with van der Waals surface area (Å²) in [4.78, 5) is 0. The van der Waals surface area contributed by atoms with Gasteiger partial charge in [0.05, 0.1) is 19.6 Å². The molecular formula is C48H92BrN. The lowest BCUT2D eigenvalue weighted by atomic mass is 9.89. The molecule has 0 saturated carbocycles. The van der Waals surface area contributed by atoms with Gasteiger partial charge < -0.3 is 17.0 Å². The first-order valence-corrected chi connectivity index (χ1v) is 23.0.